The highest BCUT2D eigenvalue weighted by Gasteiger charge is 2.36. The first kappa shape index (κ1) is 19.0. The van der Waals surface area contributed by atoms with Gasteiger partial charge >= 0.3 is 6.36 Å². The summed E-state index contributed by atoms with van der Waals surface area (Å²) in [5.74, 6) is -0.723. The third kappa shape index (κ3) is 4.50. The predicted molar refractivity (Wildman–Crippen MR) is 91.5 cm³/mol. The lowest BCUT2D eigenvalue weighted by Gasteiger charge is -2.25. The summed E-state index contributed by atoms with van der Waals surface area (Å²) in [4.78, 5) is 12.9. The van der Waals surface area contributed by atoms with Gasteiger partial charge in [0.25, 0.3) is 5.91 Å². The van der Waals surface area contributed by atoms with Crippen LogP contribution in [0.2, 0.25) is 0 Å². The van der Waals surface area contributed by atoms with Gasteiger partial charge in [-0.3, -0.25) is 4.79 Å². The van der Waals surface area contributed by atoms with Crippen molar-refractivity contribution in [3.05, 3.63) is 76.4 Å². The van der Waals surface area contributed by atoms with E-state index in [1.807, 2.05) is 0 Å². The highest BCUT2D eigenvalue weighted by molar-refractivity contribution is 7.10. The molecule has 2 heterocycles. The molecular weight excluding hydrogens is 383 g/mol. The molecule has 9 heteroatoms. The van der Waals surface area contributed by atoms with Gasteiger partial charge in [-0.15, -0.1) is 24.5 Å². The molecule has 5 nitrogen and oxygen atoms in total. The summed E-state index contributed by atoms with van der Waals surface area (Å²) in [5.41, 5.74) is -1.44. The van der Waals surface area contributed by atoms with Crippen LogP contribution in [0.4, 0.5) is 13.2 Å². The monoisotopic (exact) mass is 397 g/mol. The number of aliphatic hydroxyl groups is 1. The van der Waals surface area contributed by atoms with Crippen LogP contribution in [0.1, 0.15) is 21.0 Å². The lowest BCUT2D eigenvalue weighted by molar-refractivity contribution is -0.274. The van der Waals surface area contributed by atoms with Crippen LogP contribution in [0.3, 0.4) is 0 Å². The van der Waals surface area contributed by atoms with E-state index in [-0.39, 0.29) is 17.9 Å². The summed E-state index contributed by atoms with van der Waals surface area (Å²) in [6.45, 7) is -0.180. The zero-order chi connectivity index (χ0) is 19.5. The van der Waals surface area contributed by atoms with E-state index in [0.717, 1.165) is 12.1 Å². The van der Waals surface area contributed by atoms with Gasteiger partial charge in [0.15, 0.2) is 5.60 Å². The van der Waals surface area contributed by atoms with Crippen molar-refractivity contribution in [3.63, 3.8) is 0 Å². The third-order valence-corrected chi connectivity index (χ3v) is 4.73. The van der Waals surface area contributed by atoms with Gasteiger partial charge in [0.2, 0.25) is 0 Å². The molecule has 2 aromatic heterocycles. The van der Waals surface area contributed by atoms with E-state index < -0.39 is 23.6 Å². The molecule has 0 saturated heterocycles. The van der Waals surface area contributed by atoms with Crippen LogP contribution in [0.25, 0.3) is 0 Å². The van der Waals surface area contributed by atoms with E-state index in [1.165, 1.54) is 29.7 Å². The number of benzene rings is 1. The van der Waals surface area contributed by atoms with Crippen LogP contribution >= 0.6 is 11.3 Å². The molecule has 0 spiro atoms. The maximum absolute atomic E-state index is 12.3. The Morgan fingerprint density at radius 2 is 1.89 bits per heavy atom. The summed E-state index contributed by atoms with van der Waals surface area (Å²) in [6.07, 6.45) is -3.39. The van der Waals surface area contributed by atoms with Gasteiger partial charge < -0.3 is 19.6 Å². The van der Waals surface area contributed by atoms with Crippen LogP contribution in [0.15, 0.2) is 64.6 Å². The summed E-state index contributed by atoms with van der Waals surface area (Å²) < 4.78 is 45.6. The number of furan rings is 1. The molecule has 1 amide bonds. The van der Waals surface area contributed by atoms with Crippen molar-refractivity contribution >= 4 is 17.2 Å². The van der Waals surface area contributed by atoms with Gasteiger partial charge in [-0.25, -0.2) is 0 Å². The molecule has 142 valence electrons. The van der Waals surface area contributed by atoms with Gasteiger partial charge in [0.1, 0.15) is 11.5 Å². The zero-order valence-electron chi connectivity index (χ0n) is 13.7. The van der Waals surface area contributed by atoms with E-state index in [4.69, 9.17) is 4.42 Å². The molecular formula is C18H14F3NO4S. The van der Waals surface area contributed by atoms with Gasteiger partial charge in [-0.1, -0.05) is 6.07 Å². The largest absolute Gasteiger partial charge is 0.573 e. The molecule has 3 aromatic rings. The van der Waals surface area contributed by atoms with Crippen LogP contribution in [0, 0.1) is 0 Å². The Morgan fingerprint density at radius 1 is 1.15 bits per heavy atom. The molecule has 2 N–H and O–H groups in total. The lowest BCUT2D eigenvalue weighted by Crippen LogP contribution is -2.41. The van der Waals surface area contributed by atoms with Crippen LogP contribution < -0.4 is 10.1 Å². The number of amides is 1. The second-order valence-corrected chi connectivity index (χ2v) is 6.52. The first-order valence-electron chi connectivity index (χ1n) is 7.72. The number of thiophene rings is 1. The molecule has 1 atom stereocenters. The topological polar surface area (TPSA) is 71.7 Å². The zero-order valence-corrected chi connectivity index (χ0v) is 14.5. The van der Waals surface area contributed by atoms with Gasteiger partial charge in [0, 0.05) is 10.4 Å². The maximum Gasteiger partial charge on any atom is 0.573 e. The van der Waals surface area contributed by atoms with Crippen molar-refractivity contribution in [2.75, 3.05) is 6.54 Å². The highest BCUT2D eigenvalue weighted by atomic mass is 32.1. The number of hydrogen-bond acceptors (Lipinski definition) is 5. The molecule has 0 aliphatic heterocycles. The molecule has 1 aromatic carbocycles. The van der Waals surface area contributed by atoms with E-state index in [2.05, 4.69) is 10.1 Å². The first-order valence-corrected chi connectivity index (χ1v) is 8.60. The minimum atomic E-state index is -4.80. The fraction of sp³-hybridized carbons (Fsp3) is 0.167. The second-order valence-electron chi connectivity index (χ2n) is 5.57. The lowest BCUT2D eigenvalue weighted by atomic mass is 9.98. The van der Waals surface area contributed by atoms with Gasteiger partial charge in [-0.05, 0) is 47.8 Å². The predicted octanol–water partition coefficient (Wildman–Crippen LogP) is 3.91. The number of nitrogens with one attached hydrogen (secondary N) is 1. The molecule has 3 rings (SSSR count). The average Bonchev–Trinajstić information content (AvgIpc) is 3.32. The van der Waals surface area contributed by atoms with E-state index in [9.17, 15) is 23.1 Å². The standard InChI is InChI=1S/C18H14F3NO4S/c19-18(20,21)26-13-7-5-12(6-8-13)16(23)22-11-17(24,14-3-1-9-25-14)15-4-2-10-27-15/h1-10,24H,11H2,(H,22,23)/t17-/m0/s1. The van der Waals surface area contributed by atoms with Crippen molar-refractivity contribution in [3.8, 4) is 5.75 Å². The normalized spacial score (nSPS) is 13.8. The Bertz CT molecular complexity index is 840. The molecule has 0 radical (unpaired) electrons. The van der Waals surface area contributed by atoms with E-state index >= 15 is 0 Å². The summed E-state index contributed by atoms with van der Waals surface area (Å²) in [6, 6.07) is 11.2. The fourth-order valence-corrected chi connectivity index (χ4v) is 3.27. The quantitative estimate of drug-likeness (QED) is 0.662. The second kappa shape index (κ2) is 7.45. The molecule has 0 saturated carbocycles. The van der Waals surface area contributed by atoms with Crippen LogP contribution in [0.5, 0.6) is 5.75 Å². The van der Waals surface area contributed by atoms with E-state index in [1.54, 1.807) is 29.6 Å². The number of carbonyl (C=O) groups excluding carboxylic acids is 1. The molecule has 0 unspecified atom stereocenters. The van der Waals surface area contributed by atoms with Crippen LogP contribution in [-0.4, -0.2) is 23.9 Å². The summed E-state index contributed by atoms with van der Waals surface area (Å²) in [5, 5.41) is 15.4. The van der Waals surface area contributed by atoms with Crippen molar-refractivity contribution in [1.29, 1.82) is 0 Å². The minimum Gasteiger partial charge on any atom is -0.466 e. The Morgan fingerprint density at radius 3 is 2.44 bits per heavy atom. The number of ether oxygens (including phenoxy) is 1. The SMILES string of the molecule is O=C(NC[C@](O)(c1ccco1)c1cccs1)c1ccc(OC(F)(F)F)cc1. The van der Waals surface area contributed by atoms with Crippen molar-refractivity contribution < 1.29 is 32.2 Å². The first-order chi connectivity index (χ1) is 12.8. The Balaban J connectivity index is 1.72. The number of rotatable bonds is 6. The summed E-state index contributed by atoms with van der Waals surface area (Å²) >= 11 is 1.30. The van der Waals surface area contributed by atoms with Crippen LogP contribution in [-0.2, 0) is 5.60 Å². The number of hydrogen-bond donors (Lipinski definition) is 2. The van der Waals surface area contributed by atoms with Crippen molar-refractivity contribution in [1.82, 2.24) is 5.32 Å². The number of alkyl halides is 3. The molecule has 0 bridgehead atoms. The Labute approximate surface area is 156 Å². The van der Waals surface area contributed by atoms with Gasteiger partial charge in [0.05, 0.1) is 12.8 Å². The van der Waals surface area contributed by atoms with Gasteiger partial charge in [-0.2, -0.15) is 0 Å². The molecule has 0 aliphatic carbocycles. The molecule has 27 heavy (non-hydrogen) atoms. The number of halogens is 3. The minimum absolute atomic E-state index is 0.123. The van der Waals surface area contributed by atoms with E-state index in [0.29, 0.717) is 4.88 Å². The van der Waals surface area contributed by atoms with Crippen molar-refractivity contribution in [2.24, 2.45) is 0 Å². The smallest absolute Gasteiger partial charge is 0.466 e. The Hall–Kier alpha value is -2.78. The fourth-order valence-electron chi connectivity index (χ4n) is 2.44. The Kier molecular flexibility index (Phi) is 5.24. The number of carbonyl (C=O) groups is 1. The highest BCUT2D eigenvalue weighted by Crippen LogP contribution is 2.32. The molecule has 0 fully saturated rings. The van der Waals surface area contributed by atoms with Crippen molar-refractivity contribution in [2.45, 2.75) is 12.0 Å². The molecule has 0 aliphatic rings. The average molecular weight is 397 g/mol. The third-order valence-electron chi connectivity index (χ3n) is 3.71. The maximum atomic E-state index is 12.3. The summed E-state index contributed by atoms with van der Waals surface area (Å²) in [7, 11) is 0.